The quantitative estimate of drug-likeness (QED) is 0.828. The standard InChI is InChI=1S/C12H18N2O4S/c1-13-7-9-3-5-12(18-9)19(15,16)14-10-6-8-2-4-11(10)17-8/h3,5,8,10-11,13-14H,2,4,6-7H2,1H3. The summed E-state index contributed by atoms with van der Waals surface area (Å²) in [6.45, 7) is 0.507. The lowest BCUT2D eigenvalue weighted by Crippen LogP contribution is -2.41. The van der Waals surface area contributed by atoms with E-state index in [0.717, 1.165) is 19.3 Å². The molecule has 2 aliphatic rings. The summed E-state index contributed by atoms with van der Waals surface area (Å²) >= 11 is 0. The predicted octanol–water partition coefficient (Wildman–Crippen LogP) is 0.597. The number of hydrogen-bond acceptors (Lipinski definition) is 5. The molecule has 0 saturated carbocycles. The van der Waals surface area contributed by atoms with Gasteiger partial charge in [0.2, 0.25) is 5.09 Å². The number of ether oxygens (including phenoxy) is 1. The van der Waals surface area contributed by atoms with Gasteiger partial charge >= 0.3 is 0 Å². The largest absolute Gasteiger partial charge is 0.447 e. The smallest absolute Gasteiger partial charge is 0.274 e. The molecule has 0 spiro atoms. The van der Waals surface area contributed by atoms with Crippen molar-refractivity contribution in [2.45, 2.75) is 49.1 Å². The summed E-state index contributed by atoms with van der Waals surface area (Å²) in [6.07, 6.45) is 2.96. The number of furan rings is 1. The summed E-state index contributed by atoms with van der Waals surface area (Å²) in [6, 6.07) is 3.03. The first kappa shape index (κ1) is 13.1. The van der Waals surface area contributed by atoms with E-state index in [0.29, 0.717) is 12.3 Å². The number of fused-ring (bicyclic) bond motifs is 2. The van der Waals surface area contributed by atoms with Crippen LogP contribution in [0.3, 0.4) is 0 Å². The lowest BCUT2D eigenvalue weighted by atomic mass is 9.96. The highest BCUT2D eigenvalue weighted by molar-refractivity contribution is 7.89. The monoisotopic (exact) mass is 286 g/mol. The zero-order valence-electron chi connectivity index (χ0n) is 10.8. The van der Waals surface area contributed by atoms with Crippen molar-refractivity contribution in [1.82, 2.24) is 10.0 Å². The molecule has 2 N–H and O–H groups in total. The molecule has 3 rings (SSSR count). The lowest BCUT2D eigenvalue weighted by molar-refractivity contribution is 0.0995. The Hall–Kier alpha value is -0.890. The average molecular weight is 286 g/mol. The van der Waals surface area contributed by atoms with E-state index in [1.165, 1.54) is 6.07 Å². The van der Waals surface area contributed by atoms with Gasteiger partial charge in [-0.1, -0.05) is 0 Å². The average Bonchev–Trinajstić information content (AvgIpc) is 3.03. The molecule has 1 aromatic heterocycles. The molecule has 106 valence electrons. The lowest BCUT2D eigenvalue weighted by Gasteiger charge is -2.18. The Balaban J connectivity index is 1.71. The zero-order valence-corrected chi connectivity index (χ0v) is 11.6. The second kappa shape index (κ2) is 4.90. The number of sulfonamides is 1. The van der Waals surface area contributed by atoms with Gasteiger partial charge in [-0.3, -0.25) is 0 Å². The first-order valence-corrected chi connectivity index (χ1v) is 7.98. The number of hydrogen-bond donors (Lipinski definition) is 2. The Kier molecular flexibility index (Phi) is 3.38. The molecule has 3 unspecified atom stereocenters. The summed E-state index contributed by atoms with van der Waals surface area (Å²) < 4.78 is 38.1. The SMILES string of the molecule is CNCc1ccc(S(=O)(=O)NC2CC3CCC2O3)o1. The van der Waals surface area contributed by atoms with Gasteiger partial charge in [-0.25, -0.2) is 13.1 Å². The van der Waals surface area contributed by atoms with Crippen LogP contribution < -0.4 is 10.0 Å². The van der Waals surface area contributed by atoms with Gasteiger partial charge in [0.15, 0.2) is 0 Å². The van der Waals surface area contributed by atoms with Crippen LogP contribution in [0.4, 0.5) is 0 Å². The van der Waals surface area contributed by atoms with Crippen molar-refractivity contribution in [3.8, 4) is 0 Å². The van der Waals surface area contributed by atoms with E-state index in [1.807, 2.05) is 0 Å². The third-order valence-corrected chi connectivity index (χ3v) is 5.03. The van der Waals surface area contributed by atoms with Crippen molar-refractivity contribution >= 4 is 10.0 Å². The van der Waals surface area contributed by atoms with Crippen molar-refractivity contribution in [3.63, 3.8) is 0 Å². The Morgan fingerprint density at radius 1 is 1.37 bits per heavy atom. The van der Waals surface area contributed by atoms with Gasteiger partial charge in [0.25, 0.3) is 10.0 Å². The molecule has 3 heterocycles. The molecular formula is C12H18N2O4S. The maximum Gasteiger partial charge on any atom is 0.274 e. The summed E-state index contributed by atoms with van der Waals surface area (Å²) in [5.74, 6) is 0.604. The van der Waals surface area contributed by atoms with E-state index in [4.69, 9.17) is 9.15 Å². The molecule has 6 nitrogen and oxygen atoms in total. The second-order valence-electron chi connectivity index (χ2n) is 5.09. The molecule has 0 aromatic carbocycles. The highest BCUT2D eigenvalue weighted by atomic mass is 32.2. The molecule has 7 heteroatoms. The van der Waals surface area contributed by atoms with Gasteiger partial charge in [-0.15, -0.1) is 0 Å². The normalized spacial score (nSPS) is 30.1. The summed E-state index contributed by atoms with van der Waals surface area (Å²) in [4.78, 5) is 0. The van der Waals surface area contributed by atoms with Crippen LogP contribution in [0.2, 0.25) is 0 Å². The van der Waals surface area contributed by atoms with Crippen LogP contribution in [0.5, 0.6) is 0 Å². The minimum Gasteiger partial charge on any atom is -0.447 e. The molecule has 0 aliphatic carbocycles. The highest BCUT2D eigenvalue weighted by Gasteiger charge is 2.42. The van der Waals surface area contributed by atoms with Crippen LogP contribution in [0.1, 0.15) is 25.0 Å². The van der Waals surface area contributed by atoms with Gasteiger partial charge in [0.05, 0.1) is 24.8 Å². The van der Waals surface area contributed by atoms with Crippen molar-refractivity contribution in [2.24, 2.45) is 0 Å². The van der Waals surface area contributed by atoms with Crippen LogP contribution in [0.15, 0.2) is 21.6 Å². The van der Waals surface area contributed by atoms with E-state index in [1.54, 1.807) is 13.1 Å². The van der Waals surface area contributed by atoms with Crippen LogP contribution in [0.25, 0.3) is 0 Å². The van der Waals surface area contributed by atoms with E-state index in [-0.39, 0.29) is 23.3 Å². The molecule has 2 fully saturated rings. The minimum atomic E-state index is -3.59. The van der Waals surface area contributed by atoms with Crippen LogP contribution in [-0.4, -0.2) is 33.7 Å². The van der Waals surface area contributed by atoms with E-state index in [9.17, 15) is 8.42 Å². The van der Waals surface area contributed by atoms with Crippen molar-refractivity contribution < 1.29 is 17.6 Å². The van der Waals surface area contributed by atoms with Crippen molar-refractivity contribution in [2.75, 3.05) is 7.05 Å². The van der Waals surface area contributed by atoms with Crippen molar-refractivity contribution in [3.05, 3.63) is 17.9 Å². The van der Waals surface area contributed by atoms with Gasteiger partial charge in [-0.2, -0.15) is 0 Å². The fourth-order valence-corrected chi connectivity index (χ4v) is 4.02. The Morgan fingerprint density at radius 3 is 2.84 bits per heavy atom. The van der Waals surface area contributed by atoms with Crippen LogP contribution in [0, 0.1) is 0 Å². The molecule has 1 aromatic rings. The third-order valence-electron chi connectivity index (χ3n) is 3.67. The molecular weight excluding hydrogens is 268 g/mol. The van der Waals surface area contributed by atoms with Crippen LogP contribution in [-0.2, 0) is 21.3 Å². The van der Waals surface area contributed by atoms with E-state index in [2.05, 4.69) is 10.0 Å². The highest BCUT2D eigenvalue weighted by Crippen LogP contribution is 2.35. The van der Waals surface area contributed by atoms with Crippen LogP contribution >= 0.6 is 0 Å². The zero-order chi connectivity index (χ0) is 13.5. The molecule has 0 radical (unpaired) electrons. The molecule has 2 bridgehead atoms. The Labute approximate surface area is 112 Å². The van der Waals surface area contributed by atoms with Gasteiger partial charge in [-0.05, 0) is 38.4 Å². The fraction of sp³-hybridized carbons (Fsp3) is 0.667. The first-order valence-electron chi connectivity index (χ1n) is 6.49. The summed E-state index contributed by atoms with van der Waals surface area (Å²) in [5.41, 5.74) is 0. The maximum absolute atomic E-state index is 12.2. The fourth-order valence-electron chi connectivity index (χ4n) is 2.79. The third kappa shape index (κ3) is 2.55. The van der Waals surface area contributed by atoms with E-state index >= 15 is 0 Å². The van der Waals surface area contributed by atoms with Crippen molar-refractivity contribution in [1.29, 1.82) is 0 Å². The number of nitrogens with one attached hydrogen (secondary N) is 2. The molecule has 2 saturated heterocycles. The molecule has 3 atom stereocenters. The second-order valence-corrected chi connectivity index (χ2v) is 6.73. The van der Waals surface area contributed by atoms with E-state index < -0.39 is 10.0 Å². The molecule has 2 aliphatic heterocycles. The Morgan fingerprint density at radius 2 is 2.21 bits per heavy atom. The van der Waals surface area contributed by atoms with Gasteiger partial charge in [0.1, 0.15) is 5.76 Å². The summed E-state index contributed by atoms with van der Waals surface area (Å²) in [5, 5.41) is 2.89. The minimum absolute atomic E-state index is 0.0199. The molecule has 0 amide bonds. The Bertz CT molecular complexity index is 554. The number of rotatable bonds is 5. The predicted molar refractivity (Wildman–Crippen MR) is 68.1 cm³/mol. The van der Waals surface area contributed by atoms with Gasteiger partial charge < -0.3 is 14.5 Å². The topological polar surface area (TPSA) is 80.6 Å². The maximum atomic E-state index is 12.2. The molecule has 19 heavy (non-hydrogen) atoms. The van der Waals surface area contributed by atoms with Gasteiger partial charge in [0, 0.05) is 0 Å². The first-order chi connectivity index (χ1) is 9.08. The summed E-state index contributed by atoms with van der Waals surface area (Å²) in [7, 11) is -1.81.